The Morgan fingerprint density at radius 1 is 1.53 bits per heavy atom. The molecular weight excluding hydrogens is 244 g/mol. The highest BCUT2D eigenvalue weighted by Gasteiger charge is 2.25. The average molecular weight is 265 g/mol. The fourth-order valence-electron chi connectivity index (χ4n) is 1.69. The van der Waals surface area contributed by atoms with E-state index in [1.165, 1.54) is 0 Å². The van der Waals surface area contributed by atoms with E-state index < -0.39 is 11.9 Å². The lowest BCUT2D eigenvalue weighted by Gasteiger charge is -2.09. The highest BCUT2D eigenvalue weighted by molar-refractivity contribution is 5.88. The number of nitrogens with one attached hydrogen (secondary N) is 1. The lowest BCUT2D eigenvalue weighted by Crippen LogP contribution is -2.33. The Labute approximate surface area is 108 Å². The summed E-state index contributed by atoms with van der Waals surface area (Å²) >= 11 is 0. The summed E-state index contributed by atoms with van der Waals surface area (Å²) in [6.45, 7) is 2.71. The first kappa shape index (κ1) is 16.4. The molecule has 0 saturated carbocycles. The second-order valence-corrected chi connectivity index (χ2v) is 4.31. The Morgan fingerprint density at radius 3 is 2.76 bits per heavy atom. The van der Waals surface area contributed by atoms with Crippen molar-refractivity contribution < 1.29 is 14.3 Å². The van der Waals surface area contributed by atoms with Crippen molar-refractivity contribution in [1.29, 1.82) is 0 Å². The SMILES string of the molecule is CC(N)CCCC(=O)OC(=O)[C@@H]1CCCN1.Cl. The molecule has 1 aliphatic rings. The normalized spacial score (nSPS) is 20.5. The molecule has 1 heterocycles. The van der Waals surface area contributed by atoms with Crippen molar-refractivity contribution in [2.24, 2.45) is 5.73 Å². The number of carbonyl (C=O) groups excluding carboxylic acids is 2. The van der Waals surface area contributed by atoms with E-state index in [1.807, 2.05) is 6.92 Å². The van der Waals surface area contributed by atoms with Crippen molar-refractivity contribution in [3.8, 4) is 0 Å². The number of halogens is 1. The van der Waals surface area contributed by atoms with Gasteiger partial charge in [-0.05, 0) is 39.2 Å². The van der Waals surface area contributed by atoms with Crippen molar-refractivity contribution in [3.05, 3.63) is 0 Å². The van der Waals surface area contributed by atoms with E-state index in [-0.39, 0.29) is 30.9 Å². The summed E-state index contributed by atoms with van der Waals surface area (Å²) in [6, 6.07) is -0.211. The number of nitrogens with two attached hydrogens (primary N) is 1. The Balaban J connectivity index is 0.00000256. The molecule has 100 valence electrons. The summed E-state index contributed by atoms with van der Waals surface area (Å²) < 4.78 is 4.73. The van der Waals surface area contributed by atoms with Gasteiger partial charge in [-0.2, -0.15) is 0 Å². The molecular formula is C11H21ClN2O3. The predicted octanol–water partition coefficient (Wildman–Crippen LogP) is 0.747. The van der Waals surface area contributed by atoms with Crippen LogP contribution in [0.4, 0.5) is 0 Å². The van der Waals surface area contributed by atoms with E-state index >= 15 is 0 Å². The summed E-state index contributed by atoms with van der Waals surface area (Å²) in [5.41, 5.74) is 5.55. The molecule has 0 aromatic carbocycles. The van der Waals surface area contributed by atoms with Gasteiger partial charge in [-0.25, -0.2) is 4.79 Å². The Hall–Kier alpha value is -0.650. The third-order valence-corrected chi connectivity index (χ3v) is 2.60. The molecule has 17 heavy (non-hydrogen) atoms. The lowest BCUT2D eigenvalue weighted by atomic mass is 10.1. The maximum atomic E-state index is 11.4. The Kier molecular flexibility index (Phi) is 8.12. The first-order chi connectivity index (χ1) is 7.59. The number of esters is 2. The third-order valence-electron chi connectivity index (χ3n) is 2.60. The summed E-state index contributed by atoms with van der Waals surface area (Å²) in [5, 5.41) is 2.99. The fraction of sp³-hybridized carbons (Fsp3) is 0.818. The van der Waals surface area contributed by atoms with Gasteiger partial charge in [0.25, 0.3) is 0 Å². The van der Waals surface area contributed by atoms with Gasteiger partial charge in [-0.15, -0.1) is 12.4 Å². The summed E-state index contributed by atoms with van der Waals surface area (Å²) in [6.07, 6.45) is 3.41. The molecule has 0 aromatic rings. The van der Waals surface area contributed by atoms with Crippen LogP contribution in [0.1, 0.15) is 39.0 Å². The van der Waals surface area contributed by atoms with Crippen LogP contribution in [-0.4, -0.2) is 30.6 Å². The van der Waals surface area contributed by atoms with Crippen LogP contribution in [0.5, 0.6) is 0 Å². The number of hydrogen-bond donors (Lipinski definition) is 2. The number of rotatable bonds is 5. The second-order valence-electron chi connectivity index (χ2n) is 4.31. The predicted molar refractivity (Wildman–Crippen MR) is 66.9 cm³/mol. The van der Waals surface area contributed by atoms with Crippen LogP contribution >= 0.6 is 12.4 Å². The van der Waals surface area contributed by atoms with E-state index in [2.05, 4.69) is 5.32 Å². The zero-order valence-electron chi connectivity index (χ0n) is 10.1. The molecule has 1 unspecified atom stereocenters. The number of carbonyl (C=O) groups is 2. The van der Waals surface area contributed by atoms with Gasteiger partial charge in [-0.1, -0.05) is 0 Å². The molecule has 0 amide bonds. The highest BCUT2D eigenvalue weighted by atomic mass is 35.5. The molecule has 1 saturated heterocycles. The van der Waals surface area contributed by atoms with Gasteiger partial charge in [-0.3, -0.25) is 4.79 Å². The van der Waals surface area contributed by atoms with E-state index in [0.717, 1.165) is 25.8 Å². The second kappa shape index (κ2) is 8.44. The molecule has 5 nitrogen and oxygen atoms in total. The van der Waals surface area contributed by atoms with Crippen LogP contribution in [0.15, 0.2) is 0 Å². The van der Waals surface area contributed by atoms with Crippen LogP contribution in [-0.2, 0) is 14.3 Å². The maximum absolute atomic E-state index is 11.4. The maximum Gasteiger partial charge on any atom is 0.330 e. The van der Waals surface area contributed by atoms with E-state index in [9.17, 15) is 9.59 Å². The standard InChI is InChI=1S/C11H20N2O3.ClH/c1-8(12)4-2-6-10(14)16-11(15)9-5-3-7-13-9;/h8-9,13H,2-7,12H2,1H3;1H/t8?,9-;/m0./s1. The van der Waals surface area contributed by atoms with Crippen molar-refractivity contribution in [2.45, 2.75) is 51.1 Å². The van der Waals surface area contributed by atoms with Crippen LogP contribution in [0, 0.1) is 0 Å². The molecule has 0 radical (unpaired) electrons. The van der Waals surface area contributed by atoms with Crippen molar-refractivity contribution >= 4 is 24.3 Å². The smallest absolute Gasteiger partial charge is 0.330 e. The summed E-state index contributed by atoms with van der Waals surface area (Å²) in [4.78, 5) is 22.7. The molecule has 0 bridgehead atoms. The van der Waals surface area contributed by atoms with E-state index in [1.54, 1.807) is 0 Å². The summed E-state index contributed by atoms with van der Waals surface area (Å²) in [5.74, 6) is -0.886. The quantitative estimate of drug-likeness (QED) is 0.566. The first-order valence-electron chi connectivity index (χ1n) is 5.83. The number of hydrogen-bond acceptors (Lipinski definition) is 5. The van der Waals surface area contributed by atoms with Gasteiger partial charge in [0.2, 0.25) is 0 Å². The monoisotopic (exact) mass is 264 g/mol. The van der Waals surface area contributed by atoms with Crippen LogP contribution < -0.4 is 11.1 Å². The molecule has 1 fully saturated rings. The van der Waals surface area contributed by atoms with Crippen LogP contribution in [0.25, 0.3) is 0 Å². The molecule has 3 N–H and O–H groups in total. The molecule has 1 aliphatic heterocycles. The summed E-state index contributed by atoms with van der Waals surface area (Å²) in [7, 11) is 0. The van der Waals surface area contributed by atoms with E-state index in [4.69, 9.17) is 10.5 Å². The van der Waals surface area contributed by atoms with Crippen molar-refractivity contribution in [2.75, 3.05) is 6.54 Å². The number of ether oxygens (including phenoxy) is 1. The van der Waals surface area contributed by atoms with Gasteiger partial charge in [0.15, 0.2) is 0 Å². The van der Waals surface area contributed by atoms with Gasteiger partial charge < -0.3 is 15.8 Å². The fourth-order valence-corrected chi connectivity index (χ4v) is 1.69. The van der Waals surface area contributed by atoms with Gasteiger partial charge in [0.05, 0.1) is 0 Å². The highest BCUT2D eigenvalue weighted by Crippen LogP contribution is 2.08. The zero-order valence-corrected chi connectivity index (χ0v) is 10.9. The van der Waals surface area contributed by atoms with Crippen LogP contribution in [0.3, 0.4) is 0 Å². The largest absolute Gasteiger partial charge is 0.392 e. The van der Waals surface area contributed by atoms with Gasteiger partial charge in [0, 0.05) is 12.5 Å². The lowest BCUT2D eigenvalue weighted by molar-refractivity contribution is -0.161. The Bertz CT molecular complexity index is 253. The van der Waals surface area contributed by atoms with E-state index in [0.29, 0.717) is 6.42 Å². The van der Waals surface area contributed by atoms with Gasteiger partial charge in [0.1, 0.15) is 6.04 Å². The van der Waals surface area contributed by atoms with Gasteiger partial charge >= 0.3 is 11.9 Å². The first-order valence-corrected chi connectivity index (χ1v) is 5.83. The molecule has 2 atom stereocenters. The third kappa shape index (κ3) is 6.61. The topological polar surface area (TPSA) is 81.4 Å². The van der Waals surface area contributed by atoms with Crippen LogP contribution in [0.2, 0.25) is 0 Å². The minimum Gasteiger partial charge on any atom is -0.392 e. The van der Waals surface area contributed by atoms with Crippen molar-refractivity contribution in [1.82, 2.24) is 5.32 Å². The molecule has 0 aromatic heterocycles. The van der Waals surface area contributed by atoms with Crippen molar-refractivity contribution in [3.63, 3.8) is 0 Å². The molecule has 6 heteroatoms. The molecule has 0 spiro atoms. The Morgan fingerprint density at radius 2 is 2.24 bits per heavy atom. The molecule has 1 rings (SSSR count). The average Bonchev–Trinajstić information content (AvgIpc) is 2.69. The minimum absolute atomic E-state index is 0. The zero-order chi connectivity index (χ0) is 12.0. The minimum atomic E-state index is -0.445. The molecule has 0 aliphatic carbocycles.